The monoisotopic (exact) mass is 418 g/mol. The number of hydrogen-bond donors (Lipinski definition) is 0. The predicted octanol–water partition coefficient (Wildman–Crippen LogP) is 3.32. The van der Waals surface area contributed by atoms with E-state index in [2.05, 4.69) is 5.16 Å². The zero-order chi connectivity index (χ0) is 20.8. The summed E-state index contributed by atoms with van der Waals surface area (Å²) in [5, 5.41) is 3.87. The maximum atomic E-state index is 13.4. The van der Waals surface area contributed by atoms with Gasteiger partial charge < -0.3 is 14.3 Å². The number of oxime groups is 1. The van der Waals surface area contributed by atoms with Crippen molar-refractivity contribution >= 4 is 34.8 Å². The van der Waals surface area contributed by atoms with Crippen molar-refractivity contribution in [2.24, 2.45) is 5.16 Å². The summed E-state index contributed by atoms with van der Waals surface area (Å²) >= 11 is 5.80. The lowest BCUT2D eigenvalue weighted by atomic mass is 9.92. The van der Waals surface area contributed by atoms with Gasteiger partial charge in [-0.05, 0) is 36.4 Å². The van der Waals surface area contributed by atoms with Crippen molar-refractivity contribution in [2.45, 2.75) is 18.4 Å². The third-order valence-electron chi connectivity index (χ3n) is 4.94. The third-order valence-corrected chi connectivity index (χ3v) is 5.23. The van der Waals surface area contributed by atoms with Crippen molar-refractivity contribution in [2.75, 3.05) is 19.1 Å². The van der Waals surface area contributed by atoms with Gasteiger partial charge in [-0.1, -0.05) is 16.8 Å². The van der Waals surface area contributed by atoms with Crippen LogP contribution in [0.2, 0.25) is 5.02 Å². The number of benzene rings is 2. The summed E-state index contributed by atoms with van der Waals surface area (Å²) in [6.45, 7) is 0. The van der Waals surface area contributed by atoms with Crippen molar-refractivity contribution < 1.29 is 28.3 Å². The molecule has 2 amide bonds. The maximum absolute atomic E-state index is 13.4. The molecule has 7 nitrogen and oxygen atoms in total. The van der Waals surface area contributed by atoms with Gasteiger partial charge in [-0.2, -0.15) is 0 Å². The number of halogens is 2. The van der Waals surface area contributed by atoms with E-state index in [1.54, 1.807) is 18.2 Å². The topological polar surface area (TPSA) is 77.4 Å². The Balaban J connectivity index is 1.60. The number of anilines is 1. The van der Waals surface area contributed by atoms with Crippen LogP contribution in [-0.4, -0.2) is 37.3 Å². The molecule has 1 saturated heterocycles. The summed E-state index contributed by atoms with van der Waals surface area (Å²) in [4.78, 5) is 32.1. The second-order valence-corrected chi connectivity index (χ2v) is 7.09. The number of rotatable bonds is 4. The molecule has 2 aromatic carbocycles. The summed E-state index contributed by atoms with van der Waals surface area (Å²) in [7, 11) is 3.04. The molecule has 150 valence electrons. The molecule has 0 aromatic heterocycles. The van der Waals surface area contributed by atoms with Gasteiger partial charge in [0, 0.05) is 12.0 Å². The Hall–Kier alpha value is -3.13. The number of methoxy groups -OCH3 is 2. The lowest BCUT2D eigenvalue weighted by Gasteiger charge is -2.19. The Bertz CT molecular complexity index is 1060. The fraction of sp³-hybridized carbons (Fsp3) is 0.250. The Morgan fingerprint density at radius 2 is 1.86 bits per heavy atom. The van der Waals surface area contributed by atoms with Crippen molar-refractivity contribution in [1.82, 2.24) is 0 Å². The van der Waals surface area contributed by atoms with Crippen LogP contribution in [0.1, 0.15) is 18.4 Å². The Morgan fingerprint density at radius 1 is 1.10 bits per heavy atom. The quantitative estimate of drug-likeness (QED) is 0.712. The van der Waals surface area contributed by atoms with Gasteiger partial charge in [0.05, 0.1) is 37.1 Å². The zero-order valence-corrected chi connectivity index (χ0v) is 16.3. The van der Waals surface area contributed by atoms with Crippen LogP contribution in [0.25, 0.3) is 0 Å². The predicted molar refractivity (Wildman–Crippen MR) is 103 cm³/mol. The molecule has 4 rings (SSSR count). The fourth-order valence-corrected chi connectivity index (χ4v) is 3.63. The third kappa shape index (κ3) is 3.09. The van der Waals surface area contributed by atoms with E-state index in [0.29, 0.717) is 22.8 Å². The number of carbonyl (C=O) groups excluding carboxylic acids is 2. The van der Waals surface area contributed by atoms with Gasteiger partial charge >= 0.3 is 0 Å². The van der Waals surface area contributed by atoms with E-state index in [0.717, 1.165) is 11.0 Å². The van der Waals surface area contributed by atoms with Gasteiger partial charge in [-0.25, -0.2) is 9.29 Å². The minimum Gasteiger partial charge on any atom is -0.493 e. The Kier molecular flexibility index (Phi) is 4.66. The van der Waals surface area contributed by atoms with Gasteiger partial charge in [-0.15, -0.1) is 0 Å². The average molecular weight is 419 g/mol. The van der Waals surface area contributed by atoms with Gasteiger partial charge in [0.25, 0.3) is 5.91 Å². The first-order valence-corrected chi connectivity index (χ1v) is 9.06. The van der Waals surface area contributed by atoms with Crippen LogP contribution in [0, 0.1) is 5.82 Å². The molecule has 2 aromatic rings. The minimum absolute atomic E-state index is 0.110. The molecule has 0 N–H and O–H groups in total. The molecular weight excluding hydrogens is 403 g/mol. The highest BCUT2D eigenvalue weighted by molar-refractivity contribution is 6.32. The molecule has 1 spiro atoms. The van der Waals surface area contributed by atoms with Gasteiger partial charge in [0.1, 0.15) is 5.82 Å². The molecule has 9 heteroatoms. The normalized spacial score (nSPS) is 20.8. The first-order chi connectivity index (χ1) is 13.9. The molecular formula is C20H16ClFN2O5. The van der Waals surface area contributed by atoms with Crippen molar-refractivity contribution in [3.8, 4) is 11.5 Å². The number of imide groups is 1. The van der Waals surface area contributed by atoms with Crippen molar-refractivity contribution in [1.29, 1.82) is 0 Å². The number of carbonyl (C=O) groups is 2. The van der Waals surface area contributed by atoms with Crippen LogP contribution >= 0.6 is 11.6 Å². The molecule has 1 fully saturated rings. The molecule has 0 aliphatic carbocycles. The van der Waals surface area contributed by atoms with Gasteiger partial charge in [0.2, 0.25) is 11.5 Å². The van der Waals surface area contributed by atoms with Crippen molar-refractivity contribution in [3.63, 3.8) is 0 Å². The van der Waals surface area contributed by atoms with Crippen LogP contribution in [0.5, 0.6) is 11.5 Å². The Labute approximate surface area is 170 Å². The summed E-state index contributed by atoms with van der Waals surface area (Å²) in [5.74, 6) is -0.617. The minimum atomic E-state index is -1.43. The molecule has 2 aliphatic rings. The number of nitrogens with zero attached hydrogens (tertiary/aromatic N) is 2. The van der Waals surface area contributed by atoms with Crippen LogP contribution in [0.3, 0.4) is 0 Å². The highest BCUT2D eigenvalue weighted by Crippen LogP contribution is 2.40. The van der Waals surface area contributed by atoms with Crippen molar-refractivity contribution in [3.05, 3.63) is 52.8 Å². The first kappa shape index (κ1) is 19.2. The SMILES string of the molecule is COc1ccc(C2=NOC3(CC(=O)N(c4ccc(F)c(Cl)c4)C3=O)C2)cc1OC. The second-order valence-electron chi connectivity index (χ2n) is 6.68. The second kappa shape index (κ2) is 7.04. The molecule has 0 radical (unpaired) electrons. The van der Waals surface area contributed by atoms with Crippen LogP contribution in [0.4, 0.5) is 10.1 Å². The highest BCUT2D eigenvalue weighted by atomic mass is 35.5. The fourth-order valence-electron chi connectivity index (χ4n) is 3.46. The highest BCUT2D eigenvalue weighted by Gasteiger charge is 2.58. The lowest BCUT2D eigenvalue weighted by molar-refractivity contribution is -0.136. The first-order valence-electron chi connectivity index (χ1n) is 8.68. The van der Waals surface area contributed by atoms with Crippen LogP contribution in [0.15, 0.2) is 41.6 Å². The standard InChI is InChI=1S/C20H16ClFN2O5/c1-27-16-6-3-11(7-17(16)28-2)15-9-20(29-23-15)10-18(25)24(19(20)26)12-4-5-14(22)13(21)8-12/h3-8H,9-10H2,1-2H3. The molecule has 29 heavy (non-hydrogen) atoms. The van der Waals surface area contributed by atoms with Gasteiger partial charge in [-0.3, -0.25) is 9.59 Å². The van der Waals surface area contributed by atoms with E-state index in [4.69, 9.17) is 25.9 Å². The lowest BCUT2D eigenvalue weighted by Crippen LogP contribution is -2.40. The number of amides is 2. The Morgan fingerprint density at radius 3 is 2.55 bits per heavy atom. The van der Waals surface area contributed by atoms with E-state index in [-0.39, 0.29) is 23.6 Å². The van der Waals surface area contributed by atoms with E-state index < -0.39 is 23.2 Å². The van der Waals surface area contributed by atoms with Crippen LogP contribution < -0.4 is 14.4 Å². The summed E-state index contributed by atoms with van der Waals surface area (Å²) in [6.07, 6.45) is -0.0698. The molecule has 2 aliphatic heterocycles. The molecule has 1 unspecified atom stereocenters. The smallest absolute Gasteiger partial charge is 0.281 e. The van der Waals surface area contributed by atoms with E-state index in [1.807, 2.05) is 0 Å². The molecule has 1 atom stereocenters. The molecule has 0 bridgehead atoms. The largest absolute Gasteiger partial charge is 0.493 e. The maximum Gasteiger partial charge on any atom is 0.281 e. The van der Waals surface area contributed by atoms with E-state index in [1.165, 1.54) is 26.4 Å². The van der Waals surface area contributed by atoms with E-state index >= 15 is 0 Å². The zero-order valence-electron chi connectivity index (χ0n) is 15.6. The summed E-state index contributed by atoms with van der Waals surface area (Å²) < 4.78 is 24.0. The van der Waals surface area contributed by atoms with Crippen LogP contribution in [-0.2, 0) is 14.4 Å². The summed E-state index contributed by atoms with van der Waals surface area (Å²) in [6, 6.07) is 8.86. The number of ether oxygens (including phenoxy) is 2. The number of hydrogen-bond acceptors (Lipinski definition) is 6. The summed E-state index contributed by atoms with van der Waals surface area (Å²) in [5.41, 5.74) is -0.0546. The molecule has 0 saturated carbocycles. The van der Waals surface area contributed by atoms with E-state index in [9.17, 15) is 14.0 Å². The van der Waals surface area contributed by atoms with Gasteiger partial charge in [0.15, 0.2) is 11.5 Å². The average Bonchev–Trinajstić information content (AvgIpc) is 3.25. The molecule has 2 heterocycles.